The highest BCUT2D eigenvalue weighted by atomic mass is 35.5. The Bertz CT molecular complexity index is 1180. The topological polar surface area (TPSA) is 105 Å². The van der Waals surface area contributed by atoms with Crippen molar-refractivity contribution < 1.29 is 17.6 Å². The van der Waals surface area contributed by atoms with Gasteiger partial charge in [0.15, 0.2) is 0 Å². The lowest BCUT2D eigenvalue weighted by molar-refractivity contribution is 0.102. The lowest BCUT2D eigenvalue weighted by Gasteiger charge is -2.20. The molecule has 1 heterocycles. The number of nitrogens with one attached hydrogen (secondary N) is 1. The molecule has 3 aromatic rings. The third-order valence-electron chi connectivity index (χ3n) is 4.33. The number of rotatable bonds is 6. The lowest BCUT2D eigenvalue weighted by atomic mass is 10.2. The van der Waals surface area contributed by atoms with Crippen molar-refractivity contribution in [2.45, 2.75) is 24.8 Å². The van der Waals surface area contributed by atoms with Crippen LogP contribution in [0.3, 0.4) is 0 Å². The number of anilines is 1. The van der Waals surface area contributed by atoms with Crippen LogP contribution in [-0.4, -0.2) is 41.9 Å². The van der Waals surface area contributed by atoms with E-state index in [0.29, 0.717) is 15.6 Å². The Kier molecular flexibility index (Phi) is 6.47. The van der Waals surface area contributed by atoms with Crippen LogP contribution >= 0.6 is 23.2 Å². The molecule has 3 rings (SSSR count). The van der Waals surface area contributed by atoms with E-state index in [-0.39, 0.29) is 28.4 Å². The summed E-state index contributed by atoms with van der Waals surface area (Å²) in [7, 11) is -2.13. The van der Waals surface area contributed by atoms with E-state index in [2.05, 4.69) is 15.5 Å². The maximum Gasteiger partial charge on any atom is 0.322 e. The van der Waals surface area contributed by atoms with Crippen molar-refractivity contribution in [1.82, 2.24) is 14.5 Å². The molecule has 0 unspecified atom stereocenters. The first kappa shape index (κ1) is 22.2. The first-order chi connectivity index (χ1) is 14.1. The number of sulfonamides is 1. The number of aromatic nitrogens is 2. The Labute approximate surface area is 183 Å². The Morgan fingerprint density at radius 2 is 1.77 bits per heavy atom. The summed E-state index contributed by atoms with van der Waals surface area (Å²) in [5.74, 6) is -0.418. The second-order valence-corrected chi connectivity index (χ2v) is 9.47. The maximum absolute atomic E-state index is 12.5. The van der Waals surface area contributed by atoms with E-state index < -0.39 is 15.9 Å². The Morgan fingerprint density at radius 3 is 2.37 bits per heavy atom. The molecule has 1 amide bonds. The van der Waals surface area contributed by atoms with Crippen LogP contribution in [0.2, 0.25) is 10.0 Å². The fourth-order valence-corrected chi connectivity index (χ4v) is 4.29. The first-order valence-corrected chi connectivity index (χ1v) is 11.0. The molecule has 0 aliphatic heterocycles. The normalized spacial score (nSPS) is 11.8. The monoisotopic (exact) mass is 468 g/mol. The zero-order chi connectivity index (χ0) is 22.1. The number of benzene rings is 2. The summed E-state index contributed by atoms with van der Waals surface area (Å²) in [6.07, 6.45) is 0. The zero-order valence-electron chi connectivity index (χ0n) is 16.3. The van der Waals surface area contributed by atoms with Gasteiger partial charge in [-0.25, -0.2) is 8.42 Å². The molecule has 1 aromatic heterocycles. The van der Waals surface area contributed by atoms with Crippen molar-refractivity contribution in [2.75, 3.05) is 12.4 Å². The predicted molar refractivity (Wildman–Crippen MR) is 114 cm³/mol. The Morgan fingerprint density at radius 1 is 1.10 bits per heavy atom. The molecular formula is C19H18Cl2N4O4S. The predicted octanol–water partition coefficient (Wildman–Crippen LogP) is 4.32. The van der Waals surface area contributed by atoms with E-state index in [1.54, 1.807) is 26.0 Å². The van der Waals surface area contributed by atoms with Gasteiger partial charge >= 0.3 is 6.01 Å². The number of carbonyl (C=O) groups is 1. The fourth-order valence-electron chi connectivity index (χ4n) is 2.44. The van der Waals surface area contributed by atoms with E-state index >= 15 is 0 Å². The van der Waals surface area contributed by atoms with Crippen LogP contribution in [0.1, 0.15) is 24.2 Å². The molecular weight excluding hydrogens is 451 g/mol. The molecule has 11 heteroatoms. The van der Waals surface area contributed by atoms with Gasteiger partial charge in [-0.05, 0) is 56.3 Å². The van der Waals surface area contributed by atoms with Gasteiger partial charge in [-0.15, -0.1) is 5.10 Å². The quantitative estimate of drug-likeness (QED) is 0.576. The highest BCUT2D eigenvalue weighted by molar-refractivity contribution is 7.89. The molecule has 0 aliphatic carbocycles. The molecule has 8 nitrogen and oxygen atoms in total. The summed E-state index contributed by atoms with van der Waals surface area (Å²) in [6.45, 7) is 3.55. The van der Waals surface area contributed by atoms with Gasteiger partial charge in [-0.3, -0.25) is 10.1 Å². The van der Waals surface area contributed by atoms with Gasteiger partial charge in [-0.1, -0.05) is 28.3 Å². The van der Waals surface area contributed by atoms with Crippen LogP contribution in [0.4, 0.5) is 6.01 Å². The van der Waals surface area contributed by atoms with Gasteiger partial charge in [0.2, 0.25) is 10.0 Å². The van der Waals surface area contributed by atoms with Crippen molar-refractivity contribution in [1.29, 1.82) is 0 Å². The number of carbonyl (C=O) groups excluding carboxylic acids is 1. The second-order valence-electron chi connectivity index (χ2n) is 6.63. The van der Waals surface area contributed by atoms with Crippen molar-refractivity contribution in [3.8, 4) is 11.5 Å². The SMILES string of the molecule is CC(C)N(C)S(=O)(=O)c1ccc(C(=O)Nc2nnc(-c3ccc(Cl)cc3Cl)o2)cc1. The van der Waals surface area contributed by atoms with Crippen molar-refractivity contribution in [2.24, 2.45) is 0 Å². The molecule has 2 aromatic carbocycles. The third kappa shape index (κ3) is 4.65. The highest BCUT2D eigenvalue weighted by Gasteiger charge is 2.23. The molecule has 0 saturated heterocycles. The van der Waals surface area contributed by atoms with Gasteiger partial charge in [-0.2, -0.15) is 4.31 Å². The minimum Gasteiger partial charge on any atom is -0.403 e. The highest BCUT2D eigenvalue weighted by Crippen LogP contribution is 2.30. The molecule has 0 atom stereocenters. The summed E-state index contributed by atoms with van der Waals surface area (Å²) in [5.41, 5.74) is 0.698. The molecule has 0 saturated carbocycles. The summed E-state index contributed by atoms with van der Waals surface area (Å²) < 4.78 is 31.7. The molecule has 0 aliphatic rings. The van der Waals surface area contributed by atoms with Gasteiger partial charge in [0.25, 0.3) is 11.8 Å². The van der Waals surface area contributed by atoms with Crippen LogP contribution in [0, 0.1) is 0 Å². The van der Waals surface area contributed by atoms with Crippen LogP contribution in [0.5, 0.6) is 0 Å². The minimum absolute atomic E-state index is 0.0905. The van der Waals surface area contributed by atoms with Gasteiger partial charge in [0.05, 0.1) is 15.5 Å². The average molecular weight is 469 g/mol. The zero-order valence-corrected chi connectivity index (χ0v) is 18.6. The van der Waals surface area contributed by atoms with Gasteiger partial charge < -0.3 is 4.42 Å². The maximum atomic E-state index is 12.5. The van der Waals surface area contributed by atoms with E-state index in [1.165, 1.54) is 41.7 Å². The first-order valence-electron chi connectivity index (χ1n) is 8.78. The second kappa shape index (κ2) is 8.73. The number of hydrogen-bond donors (Lipinski definition) is 1. The fraction of sp³-hybridized carbons (Fsp3) is 0.211. The van der Waals surface area contributed by atoms with Gasteiger partial charge in [0.1, 0.15) is 0 Å². The number of nitrogens with zero attached hydrogens (tertiary/aromatic N) is 3. The lowest BCUT2D eigenvalue weighted by Crippen LogP contribution is -2.33. The number of amides is 1. The van der Waals surface area contributed by atoms with Gasteiger partial charge in [0, 0.05) is 23.7 Å². The van der Waals surface area contributed by atoms with Crippen LogP contribution in [-0.2, 0) is 10.0 Å². The summed E-state index contributed by atoms with van der Waals surface area (Å²) in [4.78, 5) is 12.5. The number of halogens is 2. The van der Waals surface area contributed by atoms with Crippen LogP contribution in [0.15, 0.2) is 51.8 Å². The summed E-state index contributed by atoms with van der Waals surface area (Å²) in [6, 6.07) is 10.0. The average Bonchev–Trinajstić information content (AvgIpc) is 3.15. The van der Waals surface area contributed by atoms with E-state index in [4.69, 9.17) is 27.6 Å². The molecule has 0 spiro atoms. The molecule has 158 valence electrons. The van der Waals surface area contributed by atoms with Crippen molar-refractivity contribution in [3.05, 3.63) is 58.1 Å². The largest absolute Gasteiger partial charge is 0.403 e. The standard InChI is InChI=1S/C19H18Cl2N4O4S/c1-11(2)25(3)30(27,28)14-7-4-12(5-8-14)17(26)22-19-24-23-18(29-19)15-9-6-13(20)10-16(15)21/h4-11H,1-3H3,(H,22,24,26). The van der Waals surface area contributed by atoms with Crippen LogP contribution in [0.25, 0.3) is 11.5 Å². The van der Waals surface area contributed by atoms with E-state index in [9.17, 15) is 13.2 Å². The smallest absolute Gasteiger partial charge is 0.322 e. The molecule has 30 heavy (non-hydrogen) atoms. The molecule has 0 fully saturated rings. The molecule has 0 radical (unpaired) electrons. The van der Waals surface area contributed by atoms with Crippen molar-refractivity contribution >= 4 is 45.1 Å². The summed E-state index contributed by atoms with van der Waals surface area (Å²) in [5, 5.41) is 10.9. The third-order valence-corrected chi connectivity index (χ3v) is 6.92. The van der Waals surface area contributed by atoms with E-state index in [1.807, 2.05) is 0 Å². The number of hydrogen-bond acceptors (Lipinski definition) is 6. The Hall–Kier alpha value is -2.46. The van der Waals surface area contributed by atoms with E-state index in [0.717, 1.165) is 0 Å². The molecule has 0 bridgehead atoms. The van der Waals surface area contributed by atoms with Crippen LogP contribution < -0.4 is 5.32 Å². The minimum atomic E-state index is -3.64. The van der Waals surface area contributed by atoms with Crippen molar-refractivity contribution in [3.63, 3.8) is 0 Å². The summed E-state index contributed by atoms with van der Waals surface area (Å²) >= 11 is 12.0. The Balaban J connectivity index is 1.75. The molecule has 1 N–H and O–H groups in total.